The zero-order valence-electron chi connectivity index (χ0n) is 11.6. The number of amides is 1. The Morgan fingerprint density at radius 3 is 2.58 bits per heavy atom. The van der Waals surface area contributed by atoms with E-state index in [0.717, 1.165) is 25.4 Å². The van der Waals surface area contributed by atoms with Crippen molar-refractivity contribution >= 4 is 5.91 Å². The van der Waals surface area contributed by atoms with Gasteiger partial charge in [-0.1, -0.05) is 24.3 Å². The largest absolute Gasteiger partial charge is 0.344 e. The standard InChI is InChI=1S/C16H22N2O/c1-18-11-15(8-9-16(18)19)17-10-12-2-4-13(5-3-12)14-6-7-14/h2-5,14-15,17H,6-11H2,1H3. The van der Waals surface area contributed by atoms with Crippen LogP contribution in [0.15, 0.2) is 24.3 Å². The van der Waals surface area contributed by atoms with Crippen molar-refractivity contribution in [2.24, 2.45) is 0 Å². The van der Waals surface area contributed by atoms with E-state index in [1.165, 1.54) is 24.0 Å². The molecule has 1 saturated carbocycles. The molecule has 1 saturated heterocycles. The average Bonchev–Trinajstić information content (AvgIpc) is 3.25. The Labute approximate surface area is 115 Å². The van der Waals surface area contributed by atoms with Crippen molar-refractivity contribution in [2.45, 2.75) is 44.2 Å². The van der Waals surface area contributed by atoms with Gasteiger partial charge in [0.05, 0.1) is 0 Å². The van der Waals surface area contributed by atoms with Crippen LogP contribution in [0.3, 0.4) is 0 Å². The third-order valence-corrected chi connectivity index (χ3v) is 4.25. The summed E-state index contributed by atoms with van der Waals surface area (Å²) in [6.07, 6.45) is 4.36. The molecule has 1 unspecified atom stereocenters. The molecule has 0 aromatic heterocycles. The van der Waals surface area contributed by atoms with Crippen LogP contribution < -0.4 is 5.32 Å². The SMILES string of the molecule is CN1CC(NCc2ccc(C3CC3)cc2)CCC1=O. The van der Waals surface area contributed by atoms with E-state index >= 15 is 0 Å². The summed E-state index contributed by atoms with van der Waals surface area (Å²) in [4.78, 5) is 13.2. The molecule has 3 heteroatoms. The number of piperidine rings is 1. The van der Waals surface area contributed by atoms with Gasteiger partial charge >= 0.3 is 0 Å². The first-order valence-electron chi connectivity index (χ1n) is 7.28. The molecular weight excluding hydrogens is 236 g/mol. The lowest BCUT2D eigenvalue weighted by molar-refractivity contribution is -0.132. The lowest BCUT2D eigenvalue weighted by Crippen LogP contribution is -2.46. The van der Waals surface area contributed by atoms with Gasteiger partial charge < -0.3 is 10.2 Å². The lowest BCUT2D eigenvalue weighted by Gasteiger charge is -2.30. The highest BCUT2D eigenvalue weighted by Crippen LogP contribution is 2.39. The number of nitrogens with zero attached hydrogens (tertiary/aromatic N) is 1. The first-order valence-corrected chi connectivity index (χ1v) is 7.28. The third-order valence-electron chi connectivity index (χ3n) is 4.25. The van der Waals surface area contributed by atoms with Crippen LogP contribution in [0.1, 0.15) is 42.7 Å². The monoisotopic (exact) mass is 258 g/mol. The zero-order chi connectivity index (χ0) is 13.2. The topological polar surface area (TPSA) is 32.3 Å². The average molecular weight is 258 g/mol. The van der Waals surface area contributed by atoms with Crippen LogP contribution in [-0.2, 0) is 11.3 Å². The summed E-state index contributed by atoms with van der Waals surface area (Å²) < 4.78 is 0. The van der Waals surface area contributed by atoms with Crippen molar-refractivity contribution in [1.82, 2.24) is 10.2 Å². The van der Waals surface area contributed by atoms with E-state index in [-0.39, 0.29) is 5.91 Å². The maximum absolute atomic E-state index is 11.4. The summed E-state index contributed by atoms with van der Waals surface area (Å²) in [6.45, 7) is 1.73. The molecule has 102 valence electrons. The van der Waals surface area contributed by atoms with Crippen molar-refractivity contribution in [1.29, 1.82) is 0 Å². The number of carbonyl (C=O) groups is 1. The molecule has 1 aromatic rings. The summed E-state index contributed by atoms with van der Waals surface area (Å²) in [5.74, 6) is 1.10. The maximum atomic E-state index is 11.4. The van der Waals surface area contributed by atoms with Crippen LogP contribution in [0.5, 0.6) is 0 Å². The van der Waals surface area contributed by atoms with E-state index in [0.29, 0.717) is 12.5 Å². The molecule has 1 amide bonds. The van der Waals surface area contributed by atoms with Crippen molar-refractivity contribution < 1.29 is 4.79 Å². The quantitative estimate of drug-likeness (QED) is 0.898. The first kappa shape index (κ1) is 12.7. The van der Waals surface area contributed by atoms with Gasteiger partial charge in [0.1, 0.15) is 0 Å². The molecule has 1 aliphatic carbocycles. The van der Waals surface area contributed by atoms with Gasteiger partial charge in [-0.05, 0) is 36.3 Å². The molecule has 1 aliphatic heterocycles. The fourth-order valence-electron chi connectivity index (χ4n) is 2.77. The second-order valence-corrected chi connectivity index (χ2v) is 5.91. The van der Waals surface area contributed by atoms with E-state index in [4.69, 9.17) is 0 Å². The number of carbonyl (C=O) groups excluding carboxylic acids is 1. The second kappa shape index (κ2) is 5.33. The predicted octanol–water partition coefficient (Wildman–Crippen LogP) is 2.27. The zero-order valence-corrected chi connectivity index (χ0v) is 11.6. The molecule has 1 N–H and O–H groups in total. The Morgan fingerprint density at radius 2 is 1.95 bits per heavy atom. The first-order chi connectivity index (χ1) is 9.22. The van der Waals surface area contributed by atoms with Gasteiger partial charge in [0.25, 0.3) is 0 Å². The Bertz CT molecular complexity index is 450. The van der Waals surface area contributed by atoms with Crippen LogP contribution in [0.2, 0.25) is 0 Å². The minimum Gasteiger partial charge on any atom is -0.344 e. The van der Waals surface area contributed by atoms with Gasteiger partial charge in [-0.2, -0.15) is 0 Å². The number of likely N-dealkylation sites (tertiary alicyclic amines) is 1. The van der Waals surface area contributed by atoms with Gasteiger partial charge in [-0.3, -0.25) is 4.79 Å². The van der Waals surface area contributed by atoms with Gasteiger partial charge in [0.15, 0.2) is 0 Å². The molecule has 3 rings (SSSR count). The summed E-state index contributed by atoms with van der Waals surface area (Å²) in [5.41, 5.74) is 2.83. The molecular formula is C16H22N2O. The molecule has 0 spiro atoms. The summed E-state index contributed by atoms with van der Waals surface area (Å²) in [7, 11) is 1.89. The Balaban J connectivity index is 1.50. The Kier molecular flexibility index (Phi) is 3.56. The smallest absolute Gasteiger partial charge is 0.222 e. The number of benzene rings is 1. The van der Waals surface area contributed by atoms with Crippen LogP contribution in [0.25, 0.3) is 0 Å². The van der Waals surface area contributed by atoms with Crippen LogP contribution in [-0.4, -0.2) is 30.4 Å². The van der Waals surface area contributed by atoms with Crippen LogP contribution in [0.4, 0.5) is 0 Å². The minimum absolute atomic E-state index is 0.270. The highest BCUT2D eigenvalue weighted by Gasteiger charge is 2.23. The summed E-state index contributed by atoms with van der Waals surface area (Å²) in [5, 5.41) is 3.56. The molecule has 2 aliphatic rings. The van der Waals surface area contributed by atoms with Crippen molar-refractivity contribution in [3.05, 3.63) is 35.4 Å². The van der Waals surface area contributed by atoms with Crippen LogP contribution in [0, 0.1) is 0 Å². The number of likely N-dealkylation sites (N-methyl/N-ethyl adjacent to an activating group) is 1. The van der Waals surface area contributed by atoms with Gasteiger partial charge in [-0.15, -0.1) is 0 Å². The fraction of sp³-hybridized carbons (Fsp3) is 0.562. The second-order valence-electron chi connectivity index (χ2n) is 5.91. The van der Waals surface area contributed by atoms with Gasteiger partial charge in [-0.25, -0.2) is 0 Å². The van der Waals surface area contributed by atoms with E-state index in [1.54, 1.807) is 0 Å². The molecule has 19 heavy (non-hydrogen) atoms. The lowest BCUT2D eigenvalue weighted by atomic mass is 10.0. The third kappa shape index (κ3) is 3.16. The molecule has 3 nitrogen and oxygen atoms in total. The highest BCUT2D eigenvalue weighted by atomic mass is 16.2. The van der Waals surface area contributed by atoms with E-state index in [9.17, 15) is 4.79 Å². The predicted molar refractivity (Wildman–Crippen MR) is 75.9 cm³/mol. The maximum Gasteiger partial charge on any atom is 0.222 e. The van der Waals surface area contributed by atoms with Crippen LogP contribution >= 0.6 is 0 Å². The van der Waals surface area contributed by atoms with E-state index in [1.807, 2.05) is 11.9 Å². The fourth-order valence-corrected chi connectivity index (χ4v) is 2.77. The molecule has 1 heterocycles. The molecule has 0 radical (unpaired) electrons. The number of hydrogen-bond donors (Lipinski definition) is 1. The molecule has 1 atom stereocenters. The summed E-state index contributed by atoms with van der Waals surface area (Å²) >= 11 is 0. The van der Waals surface area contributed by atoms with Gasteiger partial charge in [0, 0.05) is 32.6 Å². The van der Waals surface area contributed by atoms with Crippen molar-refractivity contribution in [3.63, 3.8) is 0 Å². The van der Waals surface area contributed by atoms with Gasteiger partial charge in [0.2, 0.25) is 5.91 Å². The van der Waals surface area contributed by atoms with E-state index in [2.05, 4.69) is 29.6 Å². The minimum atomic E-state index is 0.270. The Morgan fingerprint density at radius 1 is 1.21 bits per heavy atom. The molecule has 2 fully saturated rings. The molecule has 1 aromatic carbocycles. The van der Waals surface area contributed by atoms with Crippen molar-refractivity contribution in [2.75, 3.05) is 13.6 Å². The highest BCUT2D eigenvalue weighted by molar-refractivity contribution is 5.76. The normalized spacial score (nSPS) is 23.7. The molecule has 0 bridgehead atoms. The summed E-state index contributed by atoms with van der Waals surface area (Å²) in [6, 6.07) is 9.44. The van der Waals surface area contributed by atoms with Crippen molar-refractivity contribution in [3.8, 4) is 0 Å². The number of hydrogen-bond acceptors (Lipinski definition) is 2. The van der Waals surface area contributed by atoms with E-state index < -0.39 is 0 Å². The number of rotatable bonds is 4. The number of nitrogens with one attached hydrogen (secondary N) is 1. The Hall–Kier alpha value is -1.35.